The average molecular weight is 456 g/mol. The predicted molar refractivity (Wildman–Crippen MR) is 127 cm³/mol. The summed E-state index contributed by atoms with van der Waals surface area (Å²) < 4.78 is 28.1. The summed E-state index contributed by atoms with van der Waals surface area (Å²) in [5.74, 6) is 0. The standard InChI is InChI=1S/C25H33N3O3S/c1-18-6-11-24(14-19(18)2)32(30,31)20(3)21-7-9-22(10-8-21)25(4,5)27-15-23(29)16-28-13-12-26-17-28/h6-14,17,20,23,27,29H,15-16H2,1-5H3. The number of aryl methyl sites for hydroxylation is 2. The van der Waals surface area contributed by atoms with Crippen molar-refractivity contribution < 1.29 is 13.5 Å². The van der Waals surface area contributed by atoms with Crippen LogP contribution >= 0.6 is 0 Å². The van der Waals surface area contributed by atoms with E-state index in [9.17, 15) is 13.5 Å². The molecule has 32 heavy (non-hydrogen) atoms. The zero-order valence-electron chi connectivity index (χ0n) is 19.4. The SMILES string of the molecule is Cc1ccc(S(=O)(=O)C(C)c2ccc(C(C)(C)NCC(O)Cn3ccnc3)cc2)cc1C. The molecule has 0 radical (unpaired) electrons. The number of nitrogens with zero attached hydrogens (tertiary/aromatic N) is 2. The van der Waals surface area contributed by atoms with Crippen LogP contribution in [0.15, 0.2) is 66.1 Å². The van der Waals surface area contributed by atoms with E-state index >= 15 is 0 Å². The summed E-state index contributed by atoms with van der Waals surface area (Å²) >= 11 is 0. The molecule has 172 valence electrons. The Morgan fingerprint density at radius 1 is 1.09 bits per heavy atom. The molecule has 0 bridgehead atoms. The second kappa shape index (κ2) is 9.57. The quantitative estimate of drug-likeness (QED) is 0.511. The van der Waals surface area contributed by atoms with Crippen molar-refractivity contribution in [3.63, 3.8) is 0 Å². The number of rotatable bonds is 9. The molecule has 0 amide bonds. The molecule has 1 heterocycles. The molecule has 0 saturated carbocycles. The molecule has 0 spiro atoms. The Kier molecular flexibility index (Phi) is 7.22. The average Bonchev–Trinajstić information content (AvgIpc) is 3.26. The van der Waals surface area contributed by atoms with Gasteiger partial charge >= 0.3 is 0 Å². The van der Waals surface area contributed by atoms with Gasteiger partial charge in [0.05, 0.1) is 29.1 Å². The number of nitrogens with one attached hydrogen (secondary N) is 1. The predicted octanol–water partition coefficient (Wildman–Crippen LogP) is 3.92. The summed E-state index contributed by atoms with van der Waals surface area (Å²) in [6.07, 6.45) is 4.64. The number of benzene rings is 2. The summed E-state index contributed by atoms with van der Waals surface area (Å²) in [5.41, 5.74) is 3.43. The van der Waals surface area contributed by atoms with Crippen molar-refractivity contribution in [2.24, 2.45) is 0 Å². The van der Waals surface area contributed by atoms with E-state index in [1.54, 1.807) is 31.6 Å². The first-order valence-corrected chi connectivity index (χ1v) is 12.4. The van der Waals surface area contributed by atoms with Crippen LogP contribution in [0.5, 0.6) is 0 Å². The van der Waals surface area contributed by atoms with Crippen molar-refractivity contribution in [2.45, 2.75) is 63.0 Å². The first kappa shape index (κ1) is 24.2. The minimum absolute atomic E-state index is 0.353. The van der Waals surface area contributed by atoms with Crippen LogP contribution in [0.4, 0.5) is 0 Å². The Labute approximate surface area is 191 Å². The van der Waals surface area contributed by atoms with Crippen molar-refractivity contribution in [3.05, 3.63) is 83.4 Å². The lowest BCUT2D eigenvalue weighted by atomic mass is 9.93. The number of hydrogen-bond acceptors (Lipinski definition) is 5. The maximum Gasteiger partial charge on any atom is 0.185 e. The van der Waals surface area contributed by atoms with Gasteiger partial charge in [-0.15, -0.1) is 0 Å². The van der Waals surface area contributed by atoms with Gasteiger partial charge in [-0.1, -0.05) is 30.3 Å². The molecule has 2 unspecified atom stereocenters. The van der Waals surface area contributed by atoms with E-state index in [0.29, 0.717) is 18.0 Å². The molecule has 0 aliphatic carbocycles. The van der Waals surface area contributed by atoms with E-state index in [1.165, 1.54) is 0 Å². The van der Waals surface area contributed by atoms with Crippen molar-refractivity contribution in [2.75, 3.05) is 6.54 Å². The molecule has 0 aliphatic rings. The van der Waals surface area contributed by atoms with Crippen molar-refractivity contribution in [3.8, 4) is 0 Å². The van der Waals surface area contributed by atoms with Gasteiger partial charge in [0.2, 0.25) is 0 Å². The molecule has 2 N–H and O–H groups in total. The van der Waals surface area contributed by atoms with E-state index < -0.39 is 21.2 Å². The molecule has 2 aromatic carbocycles. The van der Waals surface area contributed by atoms with Crippen molar-refractivity contribution >= 4 is 9.84 Å². The number of imidazole rings is 1. The molecule has 0 fully saturated rings. The fourth-order valence-electron chi connectivity index (χ4n) is 3.62. The van der Waals surface area contributed by atoms with E-state index in [-0.39, 0.29) is 5.54 Å². The maximum absolute atomic E-state index is 13.1. The fraction of sp³-hybridized carbons (Fsp3) is 0.400. The summed E-state index contributed by atoms with van der Waals surface area (Å²) in [6, 6.07) is 13.0. The topological polar surface area (TPSA) is 84.2 Å². The third-order valence-electron chi connectivity index (χ3n) is 6.13. The van der Waals surface area contributed by atoms with Gasteiger partial charge in [-0.3, -0.25) is 0 Å². The van der Waals surface area contributed by atoms with E-state index in [2.05, 4.69) is 10.3 Å². The Morgan fingerprint density at radius 3 is 2.38 bits per heavy atom. The number of sulfone groups is 1. The summed E-state index contributed by atoms with van der Waals surface area (Å²) in [7, 11) is -3.48. The molecule has 3 rings (SSSR count). The van der Waals surface area contributed by atoms with E-state index in [4.69, 9.17) is 0 Å². The second-order valence-corrected chi connectivity index (χ2v) is 11.2. The normalized spacial score (nSPS) is 14.3. The molecule has 6 nitrogen and oxygen atoms in total. The molecule has 1 aromatic heterocycles. The van der Waals surface area contributed by atoms with Crippen LogP contribution in [0.2, 0.25) is 0 Å². The van der Waals surface area contributed by atoms with Gasteiger partial charge in [-0.05, 0) is 69.0 Å². The maximum atomic E-state index is 13.1. The van der Waals surface area contributed by atoms with Crippen molar-refractivity contribution in [1.82, 2.24) is 14.9 Å². The summed E-state index contributed by atoms with van der Waals surface area (Å²) in [4.78, 5) is 4.34. The Balaban J connectivity index is 1.69. The number of aliphatic hydroxyl groups excluding tert-OH is 1. The van der Waals surface area contributed by atoms with Crippen LogP contribution in [0.3, 0.4) is 0 Å². The van der Waals surface area contributed by atoms with Gasteiger partial charge in [0.1, 0.15) is 0 Å². The van der Waals surface area contributed by atoms with Gasteiger partial charge in [-0.2, -0.15) is 0 Å². The zero-order valence-corrected chi connectivity index (χ0v) is 20.2. The highest BCUT2D eigenvalue weighted by Gasteiger charge is 2.26. The minimum Gasteiger partial charge on any atom is -0.390 e. The third kappa shape index (κ3) is 5.46. The number of aromatic nitrogens is 2. The molecule has 3 aromatic rings. The van der Waals surface area contributed by atoms with E-state index in [0.717, 1.165) is 22.3 Å². The molecular formula is C25H33N3O3S. The number of aliphatic hydroxyl groups is 1. The molecule has 7 heteroatoms. The van der Waals surface area contributed by atoms with Gasteiger partial charge in [0, 0.05) is 24.5 Å². The first-order valence-electron chi connectivity index (χ1n) is 10.8. The summed E-state index contributed by atoms with van der Waals surface area (Å²) in [5, 5.41) is 13.1. The van der Waals surface area contributed by atoms with Crippen LogP contribution in [0.1, 0.15) is 48.3 Å². The first-order chi connectivity index (χ1) is 15.0. The van der Waals surface area contributed by atoms with Gasteiger partial charge in [0.15, 0.2) is 9.84 Å². The highest BCUT2D eigenvalue weighted by Crippen LogP contribution is 2.31. The second-order valence-electron chi connectivity index (χ2n) is 8.97. The fourth-order valence-corrected chi connectivity index (χ4v) is 5.15. The Morgan fingerprint density at radius 2 is 1.78 bits per heavy atom. The lowest BCUT2D eigenvalue weighted by Crippen LogP contribution is -2.42. The zero-order chi connectivity index (χ0) is 23.5. The monoisotopic (exact) mass is 455 g/mol. The molecule has 2 atom stereocenters. The Hall–Kier alpha value is -2.48. The van der Waals surface area contributed by atoms with Crippen molar-refractivity contribution in [1.29, 1.82) is 0 Å². The van der Waals surface area contributed by atoms with Gasteiger partial charge in [0.25, 0.3) is 0 Å². The molecule has 0 aliphatic heterocycles. The van der Waals surface area contributed by atoms with Crippen LogP contribution in [-0.2, 0) is 21.9 Å². The van der Waals surface area contributed by atoms with Crippen LogP contribution in [0, 0.1) is 13.8 Å². The van der Waals surface area contributed by atoms with Gasteiger partial charge in [-0.25, -0.2) is 13.4 Å². The smallest absolute Gasteiger partial charge is 0.185 e. The minimum atomic E-state index is -3.48. The Bertz CT molecular complexity index is 1140. The van der Waals surface area contributed by atoms with Crippen LogP contribution in [0.25, 0.3) is 0 Å². The largest absolute Gasteiger partial charge is 0.390 e. The lowest BCUT2D eigenvalue weighted by Gasteiger charge is -2.29. The molecular weight excluding hydrogens is 422 g/mol. The lowest BCUT2D eigenvalue weighted by molar-refractivity contribution is 0.140. The van der Waals surface area contributed by atoms with Crippen LogP contribution in [-0.4, -0.2) is 35.7 Å². The van der Waals surface area contributed by atoms with Gasteiger partial charge < -0.3 is 15.0 Å². The number of hydrogen-bond donors (Lipinski definition) is 2. The highest BCUT2D eigenvalue weighted by molar-refractivity contribution is 7.91. The van der Waals surface area contributed by atoms with Crippen LogP contribution < -0.4 is 5.32 Å². The molecule has 0 saturated heterocycles. The summed E-state index contributed by atoms with van der Waals surface area (Å²) in [6.45, 7) is 10.6. The third-order valence-corrected chi connectivity index (χ3v) is 8.25. The van der Waals surface area contributed by atoms with E-state index in [1.807, 2.05) is 68.8 Å². The highest BCUT2D eigenvalue weighted by atomic mass is 32.2.